The van der Waals surface area contributed by atoms with Crippen molar-refractivity contribution in [2.24, 2.45) is 0 Å². The van der Waals surface area contributed by atoms with Crippen LogP contribution in [-0.4, -0.2) is 15.0 Å². The van der Waals surface area contributed by atoms with Crippen LogP contribution < -0.4 is 0 Å². The summed E-state index contributed by atoms with van der Waals surface area (Å²) in [5, 5.41) is 7.70. The molecular formula is C11H21N3. The van der Waals surface area contributed by atoms with Crippen LogP contribution >= 0.6 is 0 Å². The molecule has 0 N–H and O–H groups in total. The van der Waals surface area contributed by atoms with Crippen LogP contribution in [0.5, 0.6) is 0 Å². The minimum Gasteiger partial charge on any atom is -0.253 e. The second-order valence-electron chi connectivity index (χ2n) is 3.79. The van der Waals surface area contributed by atoms with Gasteiger partial charge < -0.3 is 0 Å². The van der Waals surface area contributed by atoms with Gasteiger partial charge in [-0.25, -0.2) is 0 Å². The van der Waals surface area contributed by atoms with E-state index >= 15 is 0 Å². The summed E-state index contributed by atoms with van der Waals surface area (Å²) in [5.41, 5.74) is 0. The van der Waals surface area contributed by atoms with Crippen LogP contribution in [0.1, 0.15) is 51.9 Å². The van der Waals surface area contributed by atoms with Gasteiger partial charge >= 0.3 is 0 Å². The maximum absolute atomic E-state index is 3.93. The van der Waals surface area contributed by atoms with Crippen molar-refractivity contribution >= 4 is 0 Å². The first-order chi connectivity index (χ1) is 6.93. The molecule has 0 unspecified atom stereocenters. The van der Waals surface area contributed by atoms with E-state index in [1.54, 1.807) is 6.20 Å². The van der Waals surface area contributed by atoms with E-state index in [2.05, 4.69) is 17.2 Å². The summed E-state index contributed by atoms with van der Waals surface area (Å²) in [6.07, 6.45) is 13.1. The van der Waals surface area contributed by atoms with Gasteiger partial charge in [0, 0.05) is 12.7 Å². The van der Waals surface area contributed by atoms with Crippen LogP contribution in [0.2, 0.25) is 0 Å². The zero-order chi connectivity index (χ0) is 10.1. The quantitative estimate of drug-likeness (QED) is 0.597. The number of hydrogen-bond acceptors (Lipinski definition) is 2. The molecule has 0 atom stereocenters. The zero-order valence-corrected chi connectivity index (χ0v) is 9.15. The molecule has 14 heavy (non-hydrogen) atoms. The molecule has 0 aromatic carbocycles. The summed E-state index contributed by atoms with van der Waals surface area (Å²) in [4.78, 5) is 0. The summed E-state index contributed by atoms with van der Waals surface area (Å²) < 4.78 is 1.91. The third kappa shape index (κ3) is 5.00. The Bertz CT molecular complexity index is 206. The molecule has 0 aliphatic heterocycles. The van der Waals surface area contributed by atoms with Gasteiger partial charge in [0.05, 0.1) is 6.20 Å². The van der Waals surface area contributed by atoms with Crippen LogP contribution in [-0.2, 0) is 6.54 Å². The van der Waals surface area contributed by atoms with Gasteiger partial charge in [-0.1, -0.05) is 50.7 Å². The van der Waals surface area contributed by atoms with Gasteiger partial charge in [0.15, 0.2) is 0 Å². The maximum Gasteiger partial charge on any atom is 0.0692 e. The monoisotopic (exact) mass is 195 g/mol. The van der Waals surface area contributed by atoms with Crippen molar-refractivity contribution in [1.29, 1.82) is 0 Å². The molecule has 0 bridgehead atoms. The van der Waals surface area contributed by atoms with E-state index in [0.717, 1.165) is 6.54 Å². The molecule has 0 saturated carbocycles. The highest BCUT2D eigenvalue weighted by Crippen LogP contribution is 2.07. The number of aryl methyl sites for hydroxylation is 1. The Hall–Kier alpha value is -0.860. The van der Waals surface area contributed by atoms with E-state index < -0.39 is 0 Å². The summed E-state index contributed by atoms with van der Waals surface area (Å²) >= 11 is 0. The third-order valence-corrected chi connectivity index (χ3v) is 2.46. The van der Waals surface area contributed by atoms with Gasteiger partial charge in [-0.05, 0) is 6.42 Å². The summed E-state index contributed by atoms with van der Waals surface area (Å²) in [6.45, 7) is 3.28. The van der Waals surface area contributed by atoms with E-state index in [4.69, 9.17) is 0 Å². The Kier molecular flexibility index (Phi) is 6.04. The molecule has 1 rings (SSSR count). The Morgan fingerprint density at radius 2 is 1.71 bits per heavy atom. The van der Waals surface area contributed by atoms with Crippen LogP contribution in [0.25, 0.3) is 0 Å². The van der Waals surface area contributed by atoms with Gasteiger partial charge in [-0.2, -0.15) is 0 Å². The van der Waals surface area contributed by atoms with Crippen molar-refractivity contribution < 1.29 is 0 Å². The Labute approximate surface area is 86.5 Å². The summed E-state index contributed by atoms with van der Waals surface area (Å²) in [7, 11) is 0. The number of aromatic nitrogens is 3. The first-order valence-corrected chi connectivity index (χ1v) is 5.77. The number of nitrogens with zero attached hydrogens (tertiary/aromatic N) is 3. The van der Waals surface area contributed by atoms with Crippen molar-refractivity contribution in [3.63, 3.8) is 0 Å². The lowest BCUT2D eigenvalue weighted by Gasteiger charge is -2.01. The van der Waals surface area contributed by atoms with Crippen molar-refractivity contribution in [2.75, 3.05) is 0 Å². The molecule has 80 valence electrons. The lowest BCUT2D eigenvalue weighted by molar-refractivity contribution is 0.513. The van der Waals surface area contributed by atoms with E-state index in [0.29, 0.717) is 0 Å². The van der Waals surface area contributed by atoms with Gasteiger partial charge in [-0.3, -0.25) is 4.68 Å². The predicted octanol–water partition coefficient (Wildman–Crippen LogP) is 3.03. The summed E-state index contributed by atoms with van der Waals surface area (Å²) in [6, 6.07) is 0. The highest BCUT2D eigenvalue weighted by molar-refractivity contribution is 4.63. The second kappa shape index (κ2) is 7.54. The van der Waals surface area contributed by atoms with Crippen LogP contribution in [0, 0.1) is 0 Å². The topological polar surface area (TPSA) is 30.7 Å². The minimum absolute atomic E-state index is 1.02. The van der Waals surface area contributed by atoms with Gasteiger partial charge in [0.2, 0.25) is 0 Å². The molecule has 0 amide bonds. The molecule has 1 aromatic heterocycles. The molecule has 1 aromatic rings. The fourth-order valence-corrected chi connectivity index (χ4v) is 1.58. The van der Waals surface area contributed by atoms with Crippen molar-refractivity contribution in [1.82, 2.24) is 15.0 Å². The van der Waals surface area contributed by atoms with Gasteiger partial charge in [0.25, 0.3) is 0 Å². The van der Waals surface area contributed by atoms with Gasteiger partial charge in [-0.15, -0.1) is 5.10 Å². The molecule has 0 aliphatic carbocycles. The highest BCUT2D eigenvalue weighted by Gasteiger charge is 1.92. The van der Waals surface area contributed by atoms with E-state index in [1.807, 2.05) is 10.9 Å². The lowest BCUT2D eigenvalue weighted by Crippen LogP contribution is -1.98. The van der Waals surface area contributed by atoms with Crippen LogP contribution in [0.4, 0.5) is 0 Å². The van der Waals surface area contributed by atoms with E-state index in [1.165, 1.54) is 44.9 Å². The molecule has 1 heterocycles. The first kappa shape index (κ1) is 11.2. The molecule has 0 radical (unpaired) electrons. The zero-order valence-electron chi connectivity index (χ0n) is 9.15. The van der Waals surface area contributed by atoms with Crippen LogP contribution in [0.3, 0.4) is 0 Å². The molecule has 0 saturated heterocycles. The molecule has 0 aliphatic rings. The third-order valence-electron chi connectivity index (χ3n) is 2.46. The molecule has 3 heteroatoms. The molecular weight excluding hydrogens is 174 g/mol. The Morgan fingerprint density at radius 3 is 2.36 bits per heavy atom. The molecule has 3 nitrogen and oxygen atoms in total. The van der Waals surface area contributed by atoms with Crippen LogP contribution in [0.15, 0.2) is 12.4 Å². The SMILES string of the molecule is CCCCCCCCCn1ccnn1. The minimum atomic E-state index is 1.02. The second-order valence-corrected chi connectivity index (χ2v) is 3.79. The largest absolute Gasteiger partial charge is 0.253 e. The van der Waals surface area contributed by atoms with Gasteiger partial charge in [0.1, 0.15) is 0 Å². The lowest BCUT2D eigenvalue weighted by atomic mass is 10.1. The molecule has 0 spiro atoms. The Balaban J connectivity index is 1.85. The van der Waals surface area contributed by atoms with Crippen molar-refractivity contribution in [3.05, 3.63) is 12.4 Å². The Morgan fingerprint density at radius 1 is 1.00 bits per heavy atom. The first-order valence-electron chi connectivity index (χ1n) is 5.77. The highest BCUT2D eigenvalue weighted by atomic mass is 15.4. The number of rotatable bonds is 8. The standard InChI is InChI=1S/C11H21N3/c1-2-3-4-5-6-7-8-10-14-11-9-12-13-14/h9,11H,2-8,10H2,1H3. The number of hydrogen-bond donors (Lipinski definition) is 0. The van der Waals surface area contributed by atoms with Crippen molar-refractivity contribution in [2.45, 2.75) is 58.4 Å². The average molecular weight is 195 g/mol. The van der Waals surface area contributed by atoms with Crippen molar-refractivity contribution in [3.8, 4) is 0 Å². The number of unbranched alkanes of at least 4 members (excludes halogenated alkanes) is 6. The van der Waals surface area contributed by atoms with E-state index in [9.17, 15) is 0 Å². The normalized spacial score (nSPS) is 10.6. The molecule has 0 fully saturated rings. The smallest absolute Gasteiger partial charge is 0.0692 e. The fourth-order valence-electron chi connectivity index (χ4n) is 1.58. The van der Waals surface area contributed by atoms with E-state index in [-0.39, 0.29) is 0 Å². The maximum atomic E-state index is 3.93. The summed E-state index contributed by atoms with van der Waals surface area (Å²) in [5.74, 6) is 0. The predicted molar refractivity (Wildman–Crippen MR) is 58.0 cm³/mol. The average Bonchev–Trinajstić information content (AvgIpc) is 2.69. The fraction of sp³-hybridized carbons (Fsp3) is 0.818.